The van der Waals surface area contributed by atoms with Crippen molar-refractivity contribution in [3.8, 4) is 0 Å². The molecular weight excluding hydrogens is 278 g/mol. The van der Waals surface area contributed by atoms with Crippen LogP contribution < -0.4 is 16.6 Å². The number of nitrogens with two attached hydrogens (primary N) is 1. The first-order valence-corrected chi connectivity index (χ1v) is 6.72. The predicted molar refractivity (Wildman–Crippen MR) is 79.7 cm³/mol. The van der Waals surface area contributed by atoms with E-state index in [2.05, 4.69) is 31.9 Å². The summed E-state index contributed by atoms with van der Waals surface area (Å²) in [5.41, 5.74) is 4.59. The Hall–Kier alpha value is -1.86. The van der Waals surface area contributed by atoms with E-state index in [1.807, 2.05) is 18.5 Å². The molecule has 2 rings (SSSR count). The molecule has 2 aromatic rings. The second-order valence-corrected chi connectivity index (χ2v) is 4.87. The molecule has 0 unspecified atom stereocenters. The minimum atomic E-state index is 0.329. The van der Waals surface area contributed by atoms with E-state index in [1.54, 1.807) is 0 Å². The average molecular weight is 296 g/mol. The normalized spacial score (nSPS) is 10.6. The molecule has 0 amide bonds. The molecule has 0 fully saturated rings. The van der Waals surface area contributed by atoms with Gasteiger partial charge >= 0.3 is 0 Å². The third-order valence-corrected chi connectivity index (χ3v) is 3.09. The van der Waals surface area contributed by atoms with Crippen LogP contribution in [0.5, 0.6) is 0 Å². The molecular formula is C12H18ClN7. The fourth-order valence-corrected chi connectivity index (χ4v) is 2.06. The molecule has 0 aliphatic rings. The summed E-state index contributed by atoms with van der Waals surface area (Å²) in [6.07, 6.45) is 2.42. The molecule has 2 heterocycles. The monoisotopic (exact) mass is 295 g/mol. The molecule has 0 aromatic carbocycles. The van der Waals surface area contributed by atoms with E-state index >= 15 is 0 Å². The summed E-state index contributed by atoms with van der Waals surface area (Å²) in [7, 11) is 0. The van der Waals surface area contributed by atoms with Gasteiger partial charge in [0.1, 0.15) is 5.02 Å². The van der Waals surface area contributed by atoms with Gasteiger partial charge in [-0.25, -0.2) is 10.8 Å². The van der Waals surface area contributed by atoms with Crippen LogP contribution in [0.25, 0.3) is 0 Å². The van der Waals surface area contributed by atoms with Gasteiger partial charge in [-0.05, 0) is 26.3 Å². The topological polar surface area (TPSA) is 93.7 Å². The smallest absolute Gasteiger partial charge is 0.239 e. The minimum Gasteiger partial charge on any atom is -0.369 e. The van der Waals surface area contributed by atoms with Crippen LogP contribution in [0.15, 0.2) is 12.3 Å². The van der Waals surface area contributed by atoms with Gasteiger partial charge in [0.05, 0.1) is 11.9 Å². The molecule has 2 aromatic heterocycles. The maximum Gasteiger partial charge on any atom is 0.239 e. The maximum absolute atomic E-state index is 6.00. The Labute approximate surface area is 122 Å². The molecule has 0 spiro atoms. The third-order valence-electron chi connectivity index (χ3n) is 2.82. The zero-order valence-corrected chi connectivity index (χ0v) is 12.3. The fraction of sp³-hybridized carbons (Fsp3) is 0.417. The number of aromatic nitrogens is 4. The molecule has 0 radical (unpaired) electrons. The van der Waals surface area contributed by atoms with Crippen LogP contribution >= 0.6 is 11.6 Å². The highest BCUT2D eigenvalue weighted by molar-refractivity contribution is 6.32. The highest BCUT2D eigenvalue weighted by Gasteiger charge is 2.04. The first kappa shape index (κ1) is 14.5. The Morgan fingerprint density at radius 2 is 2.20 bits per heavy atom. The van der Waals surface area contributed by atoms with Crippen LogP contribution in [0.4, 0.5) is 11.8 Å². The first-order valence-electron chi connectivity index (χ1n) is 6.34. The van der Waals surface area contributed by atoms with E-state index in [9.17, 15) is 0 Å². The number of rotatable bonds is 6. The largest absolute Gasteiger partial charge is 0.369 e. The summed E-state index contributed by atoms with van der Waals surface area (Å²) >= 11 is 6.00. The van der Waals surface area contributed by atoms with Crippen LogP contribution in [-0.4, -0.2) is 26.3 Å². The van der Waals surface area contributed by atoms with Crippen molar-refractivity contribution >= 4 is 23.4 Å². The van der Waals surface area contributed by atoms with Crippen LogP contribution in [0.1, 0.15) is 17.8 Å². The molecule has 0 atom stereocenters. The Morgan fingerprint density at radius 3 is 2.85 bits per heavy atom. The Kier molecular flexibility index (Phi) is 4.75. The van der Waals surface area contributed by atoms with Crippen LogP contribution in [-0.2, 0) is 6.54 Å². The van der Waals surface area contributed by atoms with Gasteiger partial charge in [0.15, 0.2) is 5.82 Å². The van der Waals surface area contributed by atoms with E-state index in [-0.39, 0.29) is 0 Å². The number of nitrogen functional groups attached to an aromatic ring is 1. The zero-order valence-electron chi connectivity index (χ0n) is 11.5. The van der Waals surface area contributed by atoms with Crippen LogP contribution in [0.3, 0.4) is 0 Å². The molecule has 0 saturated carbocycles. The Balaban J connectivity index is 1.85. The second kappa shape index (κ2) is 6.53. The number of nitrogens with zero attached hydrogens (tertiary/aromatic N) is 4. The lowest BCUT2D eigenvalue weighted by Gasteiger charge is -2.09. The number of hydrogen-bond acceptors (Lipinski definition) is 6. The summed E-state index contributed by atoms with van der Waals surface area (Å²) < 4.78 is 1.99. The van der Waals surface area contributed by atoms with Crippen molar-refractivity contribution in [2.45, 2.75) is 26.8 Å². The summed E-state index contributed by atoms with van der Waals surface area (Å²) in [6, 6.07) is 2.06. The standard InChI is InChI=1S/C12H18ClN7/c1-8-6-9(2)20(19-8)5-3-4-15-11-10(13)7-16-12(17-11)18-14/h6-7H,3-5,14H2,1-2H3,(H2,15,16,17,18). The minimum absolute atomic E-state index is 0.329. The van der Waals surface area contributed by atoms with Crippen molar-refractivity contribution in [1.82, 2.24) is 19.7 Å². The second-order valence-electron chi connectivity index (χ2n) is 4.47. The van der Waals surface area contributed by atoms with Gasteiger partial charge in [0, 0.05) is 18.8 Å². The molecule has 7 nitrogen and oxygen atoms in total. The SMILES string of the molecule is Cc1cc(C)n(CCCNc2nc(NN)ncc2Cl)n1. The van der Waals surface area contributed by atoms with Gasteiger partial charge in [-0.15, -0.1) is 0 Å². The lowest BCUT2D eigenvalue weighted by Crippen LogP contribution is -2.13. The molecule has 8 heteroatoms. The van der Waals surface area contributed by atoms with Gasteiger partial charge in [-0.3, -0.25) is 10.1 Å². The third kappa shape index (κ3) is 3.58. The molecule has 0 aliphatic heterocycles. The Bertz CT molecular complexity index is 581. The summed E-state index contributed by atoms with van der Waals surface area (Å²) in [5, 5.41) is 8.04. The number of anilines is 2. The van der Waals surface area contributed by atoms with E-state index in [4.69, 9.17) is 17.4 Å². The predicted octanol–water partition coefficient (Wildman–Crippen LogP) is 1.73. The molecule has 4 N–H and O–H groups in total. The number of hydrazine groups is 1. The number of halogens is 1. The average Bonchev–Trinajstić information content (AvgIpc) is 2.75. The molecule has 0 aliphatic carbocycles. The number of hydrogen-bond donors (Lipinski definition) is 3. The van der Waals surface area contributed by atoms with Crippen LogP contribution in [0.2, 0.25) is 5.02 Å². The quantitative estimate of drug-likeness (QED) is 0.427. The van der Waals surface area contributed by atoms with E-state index < -0.39 is 0 Å². The van der Waals surface area contributed by atoms with E-state index in [0.717, 1.165) is 30.9 Å². The molecule has 108 valence electrons. The highest BCUT2D eigenvalue weighted by atomic mass is 35.5. The van der Waals surface area contributed by atoms with Crippen molar-refractivity contribution in [2.75, 3.05) is 17.3 Å². The molecule has 0 saturated heterocycles. The van der Waals surface area contributed by atoms with Crippen LogP contribution in [0, 0.1) is 13.8 Å². The summed E-state index contributed by atoms with van der Waals surface area (Å²) in [5.74, 6) is 6.16. The van der Waals surface area contributed by atoms with Crippen molar-refractivity contribution in [2.24, 2.45) is 5.84 Å². The van der Waals surface area contributed by atoms with Crippen molar-refractivity contribution in [3.63, 3.8) is 0 Å². The van der Waals surface area contributed by atoms with Crippen molar-refractivity contribution in [3.05, 3.63) is 28.7 Å². The van der Waals surface area contributed by atoms with E-state index in [1.165, 1.54) is 6.20 Å². The zero-order chi connectivity index (χ0) is 14.5. The molecule has 20 heavy (non-hydrogen) atoms. The van der Waals surface area contributed by atoms with Crippen molar-refractivity contribution < 1.29 is 0 Å². The molecule has 0 bridgehead atoms. The lowest BCUT2D eigenvalue weighted by molar-refractivity contribution is 0.573. The Morgan fingerprint density at radius 1 is 1.40 bits per heavy atom. The first-order chi connectivity index (χ1) is 9.60. The van der Waals surface area contributed by atoms with Gasteiger partial charge in [-0.1, -0.05) is 11.6 Å². The van der Waals surface area contributed by atoms with Gasteiger partial charge in [0.2, 0.25) is 5.95 Å². The lowest BCUT2D eigenvalue weighted by atomic mass is 10.4. The van der Waals surface area contributed by atoms with Crippen molar-refractivity contribution in [1.29, 1.82) is 0 Å². The summed E-state index contributed by atoms with van der Waals surface area (Å²) in [6.45, 7) is 5.62. The maximum atomic E-state index is 6.00. The summed E-state index contributed by atoms with van der Waals surface area (Å²) in [4.78, 5) is 8.06. The fourth-order valence-electron chi connectivity index (χ4n) is 1.90. The highest BCUT2D eigenvalue weighted by Crippen LogP contribution is 2.18. The van der Waals surface area contributed by atoms with E-state index in [0.29, 0.717) is 16.8 Å². The number of nitrogens with one attached hydrogen (secondary N) is 2. The van der Waals surface area contributed by atoms with Gasteiger partial charge < -0.3 is 5.32 Å². The number of aryl methyl sites for hydroxylation is 3. The van der Waals surface area contributed by atoms with Gasteiger partial charge in [0.25, 0.3) is 0 Å². The van der Waals surface area contributed by atoms with Gasteiger partial charge in [-0.2, -0.15) is 10.1 Å².